The van der Waals surface area contributed by atoms with E-state index in [1.54, 1.807) is 11.0 Å². The van der Waals surface area contributed by atoms with Crippen molar-refractivity contribution in [1.29, 1.82) is 0 Å². The van der Waals surface area contributed by atoms with Gasteiger partial charge in [0, 0.05) is 69.4 Å². The molecular weight excluding hydrogens is 431 g/mol. The third kappa shape index (κ3) is 5.62. The summed E-state index contributed by atoms with van der Waals surface area (Å²) in [4.78, 5) is 23.3. The summed E-state index contributed by atoms with van der Waals surface area (Å²) in [7, 11) is 0. The van der Waals surface area contributed by atoms with Crippen molar-refractivity contribution in [2.24, 2.45) is 0 Å². The Hall–Kier alpha value is -1.87. The van der Waals surface area contributed by atoms with E-state index < -0.39 is 18.0 Å². The van der Waals surface area contributed by atoms with E-state index in [2.05, 4.69) is 33.9 Å². The predicted molar refractivity (Wildman–Crippen MR) is 121 cm³/mol. The molecule has 3 heterocycles. The van der Waals surface area contributed by atoms with Crippen molar-refractivity contribution < 1.29 is 18.0 Å². The highest BCUT2D eigenvalue weighted by Gasteiger charge is 2.50. The molecule has 0 radical (unpaired) electrons. The van der Waals surface area contributed by atoms with Crippen molar-refractivity contribution in [1.82, 2.24) is 25.0 Å². The average molecular weight is 468 g/mol. The minimum Gasteiger partial charge on any atom is -0.328 e. The molecule has 2 unspecified atom stereocenters. The van der Waals surface area contributed by atoms with Crippen LogP contribution in [0.1, 0.15) is 57.6 Å². The number of nitrogens with zero attached hydrogens (tertiary/aromatic N) is 4. The number of nitrogens with one attached hydrogen (secondary N) is 1. The number of likely N-dealkylation sites (tertiary alicyclic amines) is 1. The van der Waals surface area contributed by atoms with Crippen molar-refractivity contribution in [3.8, 4) is 0 Å². The fourth-order valence-electron chi connectivity index (χ4n) is 5.56. The fraction of sp³-hybridized carbons (Fsp3) is 0.750. The van der Waals surface area contributed by atoms with Crippen molar-refractivity contribution >= 4 is 6.03 Å². The Morgan fingerprint density at radius 2 is 1.79 bits per heavy atom. The van der Waals surface area contributed by atoms with Gasteiger partial charge in [-0.3, -0.25) is 14.8 Å². The molecule has 3 fully saturated rings. The number of hydrogen-bond donors (Lipinski definition) is 1. The van der Waals surface area contributed by atoms with Crippen LogP contribution in [0.4, 0.5) is 18.0 Å². The first-order valence-electron chi connectivity index (χ1n) is 12.3. The van der Waals surface area contributed by atoms with Crippen LogP contribution in [0.2, 0.25) is 0 Å². The largest absolute Gasteiger partial charge is 0.328 e. The average Bonchev–Trinajstić information content (AvgIpc) is 2.81. The van der Waals surface area contributed by atoms with E-state index in [9.17, 15) is 9.18 Å². The molecule has 1 aromatic rings. The lowest BCUT2D eigenvalue weighted by atomic mass is 9.85. The molecule has 0 aromatic carbocycles. The van der Waals surface area contributed by atoms with E-state index in [1.165, 1.54) is 12.3 Å². The number of pyridine rings is 1. The molecule has 2 aliphatic heterocycles. The van der Waals surface area contributed by atoms with Gasteiger partial charge in [-0.15, -0.1) is 0 Å². The second kappa shape index (κ2) is 10.2. The van der Waals surface area contributed by atoms with Crippen LogP contribution in [0.15, 0.2) is 18.3 Å². The third-order valence-electron chi connectivity index (χ3n) is 7.63. The van der Waals surface area contributed by atoms with Gasteiger partial charge in [0.1, 0.15) is 11.9 Å². The molecule has 2 atom stereocenters. The molecule has 3 aliphatic rings. The number of aromatic nitrogens is 1. The molecule has 1 aliphatic carbocycles. The van der Waals surface area contributed by atoms with Crippen LogP contribution in [-0.4, -0.2) is 89.0 Å². The number of carbonyl (C=O) groups excluding carboxylic acids is 1. The Morgan fingerprint density at radius 1 is 1.09 bits per heavy atom. The summed E-state index contributed by atoms with van der Waals surface area (Å²) in [5.74, 6) is -3.13. The lowest BCUT2D eigenvalue weighted by molar-refractivity contribution is -0.0973. The van der Waals surface area contributed by atoms with Gasteiger partial charge in [-0.1, -0.05) is 0 Å². The highest BCUT2D eigenvalue weighted by atomic mass is 19.3. The van der Waals surface area contributed by atoms with Gasteiger partial charge in [0.05, 0.1) is 6.20 Å². The van der Waals surface area contributed by atoms with Gasteiger partial charge in [-0.2, -0.15) is 0 Å². The maximum absolute atomic E-state index is 15.0. The molecule has 33 heavy (non-hydrogen) atoms. The molecule has 2 saturated heterocycles. The summed E-state index contributed by atoms with van der Waals surface area (Å²) in [6.07, 6.45) is 3.56. The lowest BCUT2D eigenvalue weighted by Crippen LogP contribution is -2.66. The van der Waals surface area contributed by atoms with Gasteiger partial charge in [0.2, 0.25) is 0 Å². The minimum absolute atomic E-state index is 0.149. The summed E-state index contributed by atoms with van der Waals surface area (Å²) >= 11 is 0. The van der Waals surface area contributed by atoms with Crippen LogP contribution < -0.4 is 5.32 Å². The minimum atomic E-state index is -2.91. The zero-order valence-corrected chi connectivity index (χ0v) is 19.7. The van der Waals surface area contributed by atoms with Gasteiger partial charge in [0.25, 0.3) is 5.92 Å². The Labute approximate surface area is 194 Å². The first-order valence-corrected chi connectivity index (χ1v) is 12.3. The van der Waals surface area contributed by atoms with E-state index in [4.69, 9.17) is 0 Å². The van der Waals surface area contributed by atoms with Crippen LogP contribution >= 0.6 is 0 Å². The number of hydrogen-bond acceptors (Lipinski definition) is 4. The molecule has 4 rings (SSSR count). The number of piperazine rings is 1. The monoisotopic (exact) mass is 467 g/mol. The van der Waals surface area contributed by atoms with Crippen molar-refractivity contribution in [2.45, 2.75) is 75.9 Å². The standard InChI is InChI=1S/C24H36F3N5O/c1-17(2)30-12-14-31(15-13-30)21-4-3-9-24(26,27)22(21)29-23(33)32-10-7-18(8-11-32)20-6-5-19(25)16-28-20/h5-6,16-18,21-22H,3-4,7-15H2,1-2H3,(H,29,33). The summed E-state index contributed by atoms with van der Waals surface area (Å²) < 4.78 is 43.2. The molecule has 6 nitrogen and oxygen atoms in total. The van der Waals surface area contributed by atoms with E-state index in [0.717, 1.165) is 31.9 Å². The molecule has 0 bridgehead atoms. The summed E-state index contributed by atoms with van der Waals surface area (Å²) in [6, 6.07) is 1.62. The van der Waals surface area contributed by atoms with E-state index in [-0.39, 0.29) is 24.2 Å². The maximum atomic E-state index is 15.0. The number of alkyl halides is 2. The van der Waals surface area contributed by atoms with Gasteiger partial charge in [-0.05, 0) is 51.7 Å². The number of rotatable bonds is 4. The summed E-state index contributed by atoms with van der Waals surface area (Å²) in [5, 5.41) is 2.74. The van der Waals surface area contributed by atoms with Crippen LogP contribution in [0.5, 0.6) is 0 Å². The Morgan fingerprint density at radius 3 is 2.39 bits per heavy atom. The topological polar surface area (TPSA) is 51.7 Å². The van der Waals surface area contributed by atoms with E-state index in [0.29, 0.717) is 44.8 Å². The van der Waals surface area contributed by atoms with E-state index >= 15 is 8.78 Å². The number of urea groups is 1. The highest BCUT2D eigenvalue weighted by molar-refractivity contribution is 5.75. The van der Waals surface area contributed by atoms with Gasteiger partial charge in [-0.25, -0.2) is 18.0 Å². The van der Waals surface area contributed by atoms with Gasteiger partial charge >= 0.3 is 6.03 Å². The normalized spacial score (nSPS) is 27.6. The zero-order chi connectivity index (χ0) is 23.6. The second-order valence-corrected chi connectivity index (χ2v) is 9.98. The van der Waals surface area contributed by atoms with E-state index in [1.807, 2.05) is 0 Å². The molecule has 1 aromatic heterocycles. The third-order valence-corrected chi connectivity index (χ3v) is 7.63. The van der Waals surface area contributed by atoms with Crippen molar-refractivity contribution in [3.63, 3.8) is 0 Å². The van der Waals surface area contributed by atoms with Crippen LogP contribution in [0.3, 0.4) is 0 Å². The Kier molecular flexibility index (Phi) is 7.48. The fourth-order valence-corrected chi connectivity index (χ4v) is 5.56. The van der Waals surface area contributed by atoms with Crippen LogP contribution in [0.25, 0.3) is 0 Å². The molecule has 0 spiro atoms. The van der Waals surface area contributed by atoms with Gasteiger partial charge < -0.3 is 10.2 Å². The molecular formula is C24H36F3N5O. The number of halogens is 3. The lowest BCUT2D eigenvalue weighted by Gasteiger charge is -2.47. The SMILES string of the molecule is CC(C)N1CCN(C2CCCC(F)(F)C2NC(=O)N2CCC(c3ccc(F)cn3)CC2)CC1. The predicted octanol–water partition coefficient (Wildman–Crippen LogP) is 3.69. The first kappa shape index (κ1) is 24.3. The second-order valence-electron chi connectivity index (χ2n) is 9.98. The molecule has 9 heteroatoms. The number of piperidine rings is 1. The zero-order valence-electron chi connectivity index (χ0n) is 19.7. The van der Waals surface area contributed by atoms with Crippen LogP contribution in [0, 0.1) is 5.82 Å². The number of amides is 2. The van der Waals surface area contributed by atoms with Crippen molar-refractivity contribution in [3.05, 3.63) is 29.8 Å². The van der Waals surface area contributed by atoms with Crippen LogP contribution in [-0.2, 0) is 0 Å². The summed E-state index contributed by atoms with van der Waals surface area (Å²) in [5.41, 5.74) is 0.816. The van der Waals surface area contributed by atoms with Gasteiger partial charge in [0.15, 0.2) is 0 Å². The Bertz CT molecular complexity index is 790. The molecule has 1 saturated carbocycles. The molecule has 1 N–H and O–H groups in total. The Balaban J connectivity index is 1.36. The number of carbonyl (C=O) groups is 1. The quantitative estimate of drug-likeness (QED) is 0.734. The first-order chi connectivity index (χ1) is 15.7. The highest BCUT2D eigenvalue weighted by Crippen LogP contribution is 2.37. The molecule has 184 valence electrons. The molecule has 2 amide bonds. The maximum Gasteiger partial charge on any atom is 0.317 e. The smallest absolute Gasteiger partial charge is 0.317 e. The summed E-state index contributed by atoms with van der Waals surface area (Å²) in [6.45, 7) is 8.50. The van der Waals surface area contributed by atoms with Crippen molar-refractivity contribution in [2.75, 3.05) is 39.3 Å².